The number of ether oxygens (including phenoxy) is 1. The first kappa shape index (κ1) is 23.0. The molecule has 0 unspecified atom stereocenters. The van der Waals surface area contributed by atoms with Crippen molar-refractivity contribution in [1.82, 2.24) is 9.88 Å². The minimum atomic E-state index is -0.919. The zero-order chi connectivity index (χ0) is 24.5. The van der Waals surface area contributed by atoms with E-state index in [2.05, 4.69) is 4.98 Å². The smallest absolute Gasteiger partial charge is 0.307 e. The molecule has 2 heterocycles. The molecule has 0 bridgehead atoms. The van der Waals surface area contributed by atoms with Gasteiger partial charge in [-0.1, -0.05) is 24.3 Å². The van der Waals surface area contributed by atoms with Crippen LogP contribution in [-0.4, -0.2) is 40.0 Å². The maximum atomic E-state index is 14.8. The average molecular weight is 475 g/mol. The van der Waals surface area contributed by atoms with Crippen LogP contribution < -0.4 is 4.74 Å². The summed E-state index contributed by atoms with van der Waals surface area (Å²) in [5, 5.41) is 9.16. The molecule has 1 fully saturated rings. The van der Waals surface area contributed by atoms with Crippen LogP contribution in [0.2, 0.25) is 0 Å². The Morgan fingerprint density at radius 2 is 1.97 bits per heavy atom. The van der Waals surface area contributed by atoms with Crippen molar-refractivity contribution in [3.8, 4) is 16.9 Å². The van der Waals surface area contributed by atoms with E-state index in [1.165, 1.54) is 6.07 Å². The lowest BCUT2D eigenvalue weighted by Crippen LogP contribution is -2.37. The minimum Gasteiger partial charge on any atom is -0.493 e. The molecule has 0 spiro atoms. The second-order valence-electron chi connectivity index (χ2n) is 9.10. The number of hydrogen-bond donors (Lipinski definition) is 1. The Hall–Kier alpha value is -3.74. The monoisotopic (exact) mass is 474 g/mol. The molecule has 0 radical (unpaired) electrons. The van der Waals surface area contributed by atoms with Gasteiger partial charge in [-0.05, 0) is 66.3 Å². The van der Waals surface area contributed by atoms with E-state index >= 15 is 0 Å². The quantitative estimate of drug-likeness (QED) is 0.541. The Labute approximate surface area is 203 Å². The molecule has 6 nitrogen and oxygen atoms in total. The maximum absolute atomic E-state index is 14.8. The first-order chi connectivity index (χ1) is 17.0. The molecule has 2 atom stereocenters. The Morgan fingerprint density at radius 1 is 1.14 bits per heavy atom. The Bertz CT molecular complexity index is 1280. The number of pyridine rings is 1. The van der Waals surface area contributed by atoms with Crippen LogP contribution in [0.3, 0.4) is 0 Å². The van der Waals surface area contributed by atoms with E-state index in [-0.39, 0.29) is 30.0 Å². The second-order valence-corrected chi connectivity index (χ2v) is 9.10. The summed E-state index contributed by atoms with van der Waals surface area (Å²) in [4.78, 5) is 30.7. The number of carboxylic acids is 1. The third kappa shape index (κ3) is 4.63. The highest BCUT2D eigenvalue weighted by Gasteiger charge is 2.47. The van der Waals surface area contributed by atoms with Gasteiger partial charge in [-0.25, -0.2) is 4.39 Å². The van der Waals surface area contributed by atoms with Gasteiger partial charge in [-0.15, -0.1) is 0 Å². The lowest BCUT2D eigenvalue weighted by molar-refractivity contribution is -0.136. The van der Waals surface area contributed by atoms with Gasteiger partial charge in [-0.2, -0.15) is 0 Å². The van der Waals surface area contributed by atoms with Gasteiger partial charge in [0, 0.05) is 42.4 Å². The zero-order valence-electron chi connectivity index (χ0n) is 19.5. The summed E-state index contributed by atoms with van der Waals surface area (Å²) in [5.41, 5.74) is 4.56. The third-order valence-corrected chi connectivity index (χ3v) is 6.83. The molecule has 1 N–H and O–H groups in total. The molecule has 5 rings (SSSR count). The molecule has 7 heteroatoms. The molecule has 1 aliphatic carbocycles. The lowest BCUT2D eigenvalue weighted by atomic mass is 9.89. The Balaban J connectivity index is 1.45. The summed E-state index contributed by atoms with van der Waals surface area (Å²) in [5.74, 6) is -0.489. The van der Waals surface area contributed by atoms with Crippen molar-refractivity contribution in [2.75, 3.05) is 13.2 Å². The number of benzene rings is 2. The van der Waals surface area contributed by atoms with Gasteiger partial charge in [0.25, 0.3) is 0 Å². The molecule has 35 heavy (non-hydrogen) atoms. The first-order valence-electron chi connectivity index (χ1n) is 11.9. The molecule has 2 aliphatic rings. The maximum Gasteiger partial charge on any atom is 0.307 e. The highest BCUT2D eigenvalue weighted by Crippen LogP contribution is 2.48. The van der Waals surface area contributed by atoms with Gasteiger partial charge in [0.2, 0.25) is 5.91 Å². The van der Waals surface area contributed by atoms with Crippen LogP contribution in [-0.2, 0) is 29.0 Å². The van der Waals surface area contributed by atoms with E-state index in [9.17, 15) is 14.0 Å². The van der Waals surface area contributed by atoms with Crippen LogP contribution >= 0.6 is 0 Å². The summed E-state index contributed by atoms with van der Waals surface area (Å²) in [6, 6.07) is 14.3. The van der Waals surface area contributed by atoms with Crippen molar-refractivity contribution in [3.05, 3.63) is 82.9 Å². The van der Waals surface area contributed by atoms with E-state index in [0.29, 0.717) is 43.0 Å². The molecular formula is C28H27FN2O4. The molecule has 180 valence electrons. The molecular weight excluding hydrogens is 447 g/mol. The van der Waals surface area contributed by atoms with E-state index < -0.39 is 5.97 Å². The summed E-state index contributed by atoms with van der Waals surface area (Å²) in [6.45, 7) is 3.08. The predicted octanol–water partition coefficient (Wildman–Crippen LogP) is 4.60. The van der Waals surface area contributed by atoms with E-state index in [1.54, 1.807) is 24.4 Å². The van der Waals surface area contributed by atoms with Gasteiger partial charge in [0.1, 0.15) is 11.6 Å². The Kier molecular flexibility index (Phi) is 6.24. The lowest BCUT2D eigenvalue weighted by Gasteiger charge is -2.31. The van der Waals surface area contributed by atoms with E-state index in [1.807, 2.05) is 36.1 Å². The molecule has 1 aliphatic heterocycles. The number of rotatable bonds is 7. The number of nitrogens with zero attached hydrogens (tertiary/aromatic N) is 2. The van der Waals surface area contributed by atoms with Crippen molar-refractivity contribution in [2.45, 2.75) is 38.6 Å². The number of hydrogen-bond acceptors (Lipinski definition) is 4. The summed E-state index contributed by atoms with van der Waals surface area (Å²) in [7, 11) is 0. The number of aliphatic carboxylic acids is 1. The number of carbonyl (C=O) groups is 2. The number of carbonyl (C=O) groups excluding carboxylic acids is 1. The van der Waals surface area contributed by atoms with Crippen molar-refractivity contribution in [2.24, 2.45) is 5.92 Å². The fourth-order valence-electron chi connectivity index (χ4n) is 5.05. The van der Waals surface area contributed by atoms with E-state index in [4.69, 9.17) is 9.84 Å². The van der Waals surface area contributed by atoms with Crippen molar-refractivity contribution >= 4 is 11.9 Å². The number of fused-ring (bicyclic) bond motifs is 1. The molecule has 1 amide bonds. The first-order valence-corrected chi connectivity index (χ1v) is 11.9. The highest BCUT2D eigenvalue weighted by molar-refractivity contribution is 5.84. The van der Waals surface area contributed by atoms with Gasteiger partial charge in [-0.3, -0.25) is 14.6 Å². The predicted molar refractivity (Wildman–Crippen MR) is 129 cm³/mol. The number of carboxylic acid groups (broad SMARTS) is 1. The van der Waals surface area contributed by atoms with Gasteiger partial charge >= 0.3 is 5.97 Å². The Morgan fingerprint density at radius 3 is 2.71 bits per heavy atom. The second kappa shape index (κ2) is 9.49. The molecule has 3 aromatic rings. The zero-order valence-corrected chi connectivity index (χ0v) is 19.5. The summed E-state index contributed by atoms with van der Waals surface area (Å²) >= 11 is 0. The fourth-order valence-corrected chi connectivity index (χ4v) is 5.05. The van der Waals surface area contributed by atoms with Crippen molar-refractivity contribution in [3.63, 3.8) is 0 Å². The summed E-state index contributed by atoms with van der Waals surface area (Å²) in [6.07, 6.45) is 2.87. The largest absolute Gasteiger partial charge is 0.493 e. The normalized spacial score (nSPS) is 18.6. The van der Waals surface area contributed by atoms with Gasteiger partial charge in [0.05, 0.1) is 13.0 Å². The number of amides is 1. The summed E-state index contributed by atoms with van der Waals surface area (Å²) < 4.78 is 20.6. The molecule has 2 aromatic carbocycles. The minimum absolute atomic E-state index is 0.0854. The molecule has 0 saturated heterocycles. The number of halogens is 1. The molecule has 1 saturated carbocycles. The van der Waals surface area contributed by atoms with Gasteiger partial charge < -0.3 is 14.7 Å². The third-order valence-electron chi connectivity index (χ3n) is 6.83. The van der Waals surface area contributed by atoms with Crippen molar-refractivity contribution in [1.29, 1.82) is 0 Å². The van der Waals surface area contributed by atoms with Crippen LogP contribution in [0.5, 0.6) is 5.75 Å². The van der Waals surface area contributed by atoms with Crippen LogP contribution in [0.4, 0.5) is 4.39 Å². The topological polar surface area (TPSA) is 79.7 Å². The average Bonchev–Trinajstić information content (AvgIpc) is 3.66. The standard InChI is InChI=1S/C28H27FN2O4/c1-2-35-26-13-17(14-27(32)33)6-7-20(26)18-8-9-24(29)19-10-12-31(16-23(18)19)28(34)22-15-21(22)25-5-3-4-11-30-25/h3-9,11,13,21-22H,2,10,12,14-16H2,1H3,(H,32,33)/t21-,22-/m1/s1. The SMILES string of the molecule is CCOc1cc(CC(=O)O)ccc1-c1ccc(F)c2c1CN(C(=O)[C@@H]1C[C@H]1c1ccccn1)CC2. The van der Waals surface area contributed by atoms with E-state index in [0.717, 1.165) is 28.8 Å². The fraction of sp³-hybridized carbons (Fsp3) is 0.321. The van der Waals surface area contributed by atoms with Crippen molar-refractivity contribution < 1.29 is 23.8 Å². The van der Waals surface area contributed by atoms with Crippen LogP contribution in [0.15, 0.2) is 54.7 Å². The van der Waals surface area contributed by atoms with Crippen LogP contribution in [0, 0.1) is 11.7 Å². The van der Waals surface area contributed by atoms with Gasteiger partial charge in [0.15, 0.2) is 0 Å². The highest BCUT2D eigenvalue weighted by atomic mass is 19.1. The van der Waals surface area contributed by atoms with Crippen LogP contribution in [0.25, 0.3) is 11.1 Å². The molecule has 1 aromatic heterocycles. The number of aromatic nitrogens is 1. The van der Waals surface area contributed by atoms with Crippen LogP contribution in [0.1, 0.15) is 41.6 Å².